The van der Waals surface area contributed by atoms with Crippen LogP contribution >= 0.6 is 0 Å². The Labute approximate surface area is 175 Å². The first-order valence-electron chi connectivity index (χ1n) is 11.2. The zero-order valence-corrected chi connectivity index (χ0v) is 17.6. The molecule has 2 fully saturated rings. The van der Waals surface area contributed by atoms with E-state index in [4.69, 9.17) is 0 Å². The number of rotatable bonds is 5. The molecule has 2 aliphatic heterocycles. The Balaban J connectivity index is 1.49. The molecular weight excluding hydrogens is 354 g/mol. The van der Waals surface area contributed by atoms with E-state index in [0.29, 0.717) is 11.8 Å². The van der Waals surface area contributed by atoms with Crippen molar-refractivity contribution in [3.05, 3.63) is 84.0 Å². The average molecular weight is 388 g/mol. The van der Waals surface area contributed by atoms with Gasteiger partial charge in [-0.15, -0.1) is 0 Å². The summed E-state index contributed by atoms with van der Waals surface area (Å²) < 4.78 is 0. The molecule has 2 saturated heterocycles. The summed E-state index contributed by atoms with van der Waals surface area (Å²) in [6.07, 6.45) is 18.6. The van der Waals surface area contributed by atoms with Crippen LogP contribution in [0.4, 0.5) is 0 Å². The normalized spacial score (nSPS) is 32.7. The van der Waals surface area contributed by atoms with E-state index >= 15 is 0 Å². The van der Waals surface area contributed by atoms with Crippen molar-refractivity contribution in [1.82, 2.24) is 14.7 Å². The molecule has 0 radical (unpaired) electrons. The van der Waals surface area contributed by atoms with Gasteiger partial charge in [-0.2, -0.15) is 0 Å². The van der Waals surface area contributed by atoms with Crippen molar-refractivity contribution >= 4 is 0 Å². The van der Waals surface area contributed by atoms with Crippen LogP contribution < -0.4 is 0 Å². The van der Waals surface area contributed by atoms with Crippen molar-refractivity contribution in [2.24, 2.45) is 11.8 Å². The Bertz CT molecular complexity index is 837. The van der Waals surface area contributed by atoms with E-state index in [1.807, 2.05) is 0 Å². The van der Waals surface area contributed by atoms with Crippen LogP contribution in [0.2, 0.25) is 0 Å². The van der Waals surface area contributed by atoms with Gasteiger partial charge in [-0.3, -0.25) is 14.7 Å². The van der Waals surface area contributed by atoms with Crippen LogP contribution in [0.15, 0.2) is 78.4 Å². The molecular formula is C26H33N3. The first-order chi connectivity index (χ1) is 14.3. The second kappa shape index (κ2) is 8.06. The molecule has 3 nitrogen and oxygen atoms in total. The molecule has 0 N–H and O–H groups in total. The van der Waals surface area contributed by atoms with Gasteiger partial charge in [-0.1, -0.05) is 78.4 Å². The molecule has 4 aliphatic rings. The molecule has 5 rings (SSSR count). The lowest BCUT2D eigenvalue weighted by Crippen LogP contribution is -2.64. The second-order valence-corrected chi connectivity index (χ2v) is 9.04. The molecule has 2 unspecified atom stereocenters. The van der Waals surface area contributed by atoms with E-state index < -0.39 is 0 Å². The van der Waals surface area contributed by atoms with Crippen LogP contribution in [0.3, 0.4) is 0 Å². The maximum atomic E-state index is 2.82. The summed E-state index contributed by atoms with van der Waals surface area (Å²) >= 11 is 0. The Morgan fingerprint density at radius 2 is 1.76 bits per heavy atom. The van der Waals surface area contributed by atoms with E-state index in [-0.39, 0.29) is 5.79 Å². The molecule has 0 saturated carbocycles. The van der Waals surface area contributed by atoms with Crippen molar-refractivity contribution in [1.29, 1.82) is 0 Å². The van der Waals surface area contributed by atoms with Gasteiger partial charge < -0.3 is 0 Å². The van der Waals surface area contributed by atoms with Crippen LogP contribution in [0, 0.1) is 11.8 Å². The number of benzene rings is 1. The third kappa shape index (κ3) is 3.46. The summed E-state index contributed by atoms with van der Waals surface area (Å²) in [5.74, 6) is 1.15. The number of fused-ring (bicyclic) bond motifs is 1. The lowest BCUT2D eigenvalue weighted by Gasteiger charge is -2.51. The van der Waals surface area contributed by atoms with E-state index in [0.717, 1.165) is 26.1 Å². The fraction of sp³-hybridized carbons (Fsp3) is 0.462. The van der Waals surface area contributed by atoms with E-state index in [9.17, 15) is 0 Å². The van der Waals surface area contributed by atoms with Gasteiger partial charge in [0.05, 0.1) is 0 Å². The van der Waals surface area contributed by atoms with Crippen molar-refractivity contribution in [3.8, 4) is 0 Å². The highest BCUT2D eigenvalue weighted by Crippen LogP contribution is 2.46. The van der Waals surface area contributed by atoms with Gasteiger partial charge in [0, 0.05) is 45.2 Å². The van der Waals surface area contributed by atoms with E-state index in [2.05, 4.69) is 94.5 Å². The predicted molar refractivity (Wildman–Crippen MR) is 120 cm³/mol. The maximum absolute atomic E-state index is 2.82. The zero-order valence-electron chi connectivity index (χ0n) is 17.6. The monoisotopic (exact) mass is 387 g/mol. The highest BCUT2D eigenvalue weighted by molar-refractivity contribution is 5.25. The quantitative estimate of drug-likeness (QED) is 0.740. The topological polar surface area (TPSA) is 9.72 Å². The molecule has 0 bridgehead atoms. The first kappa shape index (κ1) is 19.0. The van der Waals surface area contributed by atoms with Gasteiger partial charge >= 0.3 is 0 Å². The van der Waals surface area contributed by atoms with E-state index in [1.165, 1.54) is 37.2 Å². The standard InChI is InChI=1S/C26H33N3/c1-22-9-8-14-25(19-22)26-27(15-17-28(26)20-23-10-4-2-5-11-23)16-18-29(26)21-24-12-6-3-7-13-24/h2-12,14,24-25H,13,15-21H2,1H3/t24?,25-,26?/m0/s1. The molecule has 1 aromatic carbocycles. The third-order valence-electron chi connectivity index (χ3n) is 7.18. The molecule has 3 heteroatoms. The minimum atomic E-state index is 0.0108. The summed E-state index contributed by atoms with van der Waals surface area (Å²) in [5, 5.41) is 0. The van der Waals surface area contributed by atoms with Gasteiger partial charge in [-0.25, -0.2) is 0 Å². The highest BCUT2D eigenvalue weighted by atomic mass is 15.6. The van der Waals surface area contributed by atoms with Crippen molar-refractivity contribution < 1.29 is 0 Å². The smallest absolute Gasteiger partial charge is 0.138 e. The summed E-state index contributed by atoms with van der Waals surface area (Å²) in [6, 6.07) is 11.0. The lowest BCUT2D eigenvalue weighted by molar-refractivity contribution is -0.110. The molecule has 0 aromatic heterocycles. The van der Waals surface area contributed by atoms with Crippen LogP contribution in [0.5, 0.6) is 0 Å². The molecule has 1 aromatic rings. The Hall–Kier alpha value is -1.94. The van der Waals surface area contributed by atoms with Crippen LogP contribution in [-0.2, 0) is 6.54 Å². The zero-order chi connectivity index (χ0) is 19.7. The molecule has 152 valence electrons. The Morgan fingerprint density at radius 1 is 0.931 bits per heavy atom. The molecule has 0 spiro atoms. The first-order valence-corrected chi connectivity index (χ1v) is 11.2. The third-order valence-corrected chi connectivity index (χ3v) is 7.18. The number of nitrogens with zero attached hydrogens (tertiary/aromatic N) is 3. The minimum absolute atomic E-state index is 0.0108. The van der Waals surface area contributed by atoms with Gasteiger partial charge in [0.1, 0.15) is 5.79 Å². The minimum Gasteiger partial charge on any atom is -0.270 e. The fourth-order valence-electron chi connectivity index (χ4n) is 5.93. The number of hydrogen-bond donors (Lipinski definition) is 0. The highest BCUT2D eigenvalue weighted by Gasteiger charge is 2.58. The largest absolute Gasteiger partial charge is 0.270 e. The molecule has 0 amide bonds. The van der Waals surface area contributed by atoms with Gasteiger partial charge in [0.2, 0.25) is 0 Å². The average Bonchev–Trinajstić information content (AvgIpc) is 3.29. The van der Waals surface area contributed by atoms with Crippen molar-refractivity contribution in [2.45, 2.75) is 32.1 Å². The number of hydrogen-bond acceptors (Lipinski definition) is 3. The molecule has 29 heavy (non-hydrogen) atoms. The fourth-order valence-corrected chi connectivity index (χ4v) is 5.93. The summed E-state index contributed by atoms with van der Waals surface area (Å²) in [4.78, 5) is 8.39. The van der Waals surface area contributed by atoms with Gasteiger partial charge in [0.15, 0.2) is 0 Å². The van der Waals surface area contributed by atoms with E-state index in [1.54, 1.807) is 0 Å². The van der Waals surface area contributed by atoms with Crippen molar-refractivity contribution in [3.63, 3.8) is 0 Å². The summed E-state index contributed by atoms with van der Waals surface area (Å²) in [6.45, 7) is 9.16. The molecule has 3 atom stereocenters. The lowest BCUT2D eigenvalue weighted by atomic mass is 9.86. The van der Waals surface area contributed by atoms with Gasteiger partial charge in [-0.05, 0) is 31.2 Å². The van der Waals surface area contributed by atoms with Crippen LogP contribution in [0.1, 0.15) is 25.3 Å². The van der Waals surface area contributed by atoms with Gasteiger partial charge in [0.25, 0.3) is 0 Å². The number of allylic oxidation sites excluding steroid dienone is 6. The summed E-state index contributed by atoms with van der Waals surface area (Å²) in [5.41, 5.74) is 2.93. The van der Waals surface area contributed by atoms with Crippen molar-refractivity contribution in [2.75, 3.05) is 32.7 Å². The summed E-state index contributed by atoms with van der Waals surface area (Å²) in [7, 11) is 0. The molecule has 2 heterocycles. The van der Waals surface area contributed by atoms with Crippen LogP contribution in [0.25, 0.3) is 0 Å². The predicted octanol–water partition coefficient (Wildman–Crippen LogP) is 4.43. The molecule has 2 aliphatic carbocycles. The Morgan fingerprint density at radius 3 is 2.52 bits per heavy atom. The van der Waals surface area contributed by atoms with Crippen LogP contribution in [-0.4, -0.2) is 53.2 Å². The maximum Gasteiger partial charge on any atom is 0.138 e. The second-order valence-electron chi connectivity index (χ2n) is 9.04. The SMILES string of the molecule is CC1=CC=C[C@H](C23N(CCN2Cc2ccccc2)CCN3CC2C=CC=CC2)C1. The Kier molecular flexibility index (Phi) is 5.29.